The maximum absolute atomic E-state index is 12.8. The topological polar surface area (TPSA) is 111 Å². The third kappa shape index (κ3) is 5.02. The molecule has 1 aromatic carbocycles. The number of anilines is 1. The summed E-state index contributed by atoms with van der Waals surface area (Å²) in [6.45, 7) is 2.80. The van der Waals surface area contributed by atoms with Crippen molar-refractivity contribution in [2.45, 2.75) is 33.3 Å². The molecule has 0 saturated carbocycles. The average molecular weight is 437 g/mol. The number of benzene rings is 1. The Labute approximate surface area is 174 Å². The van der Waals surface area contributed by atoms with Crippen LogP contribution in [-0.4, -0.2) is 36.5 Å². The first-order valence-electron chi connectivity index (χ1n) is 8.95. The molecule has 0 saturated heterocycles. The molecular formula is C19H18F3N5O4. The van der Waals surface area contributed by atoms with Crippen molar-refractivity contribution in [3.05, 3.63) is 59.2 Å². The normalized spacial score (nSPS) is 11.4. The van der Waals surface area contributed by atoms with E-state index in [1.165, 1.54) is 29.1 Å². The van der Waals surface area contributed by atoms with Crippen molar-refractivity contribution in [3.8, 4) is 5.75 Å². The number of carbonyl (C=O) groups is 2. The van der Waals surface area contributed by atoms with Crippen molar-refractivity contribution >= 4 is 17.6 Å². The highest BCUT2D eigenvalue weighted by atomic mass is 19.4. The number of ether oxygens (including phenoxy) is 1. The maximum Gasteiger partial charge on any atom is 0.416 e. The molecule has 0 aliphatic carbocycles. The number of rotatable bonds is 7. The van der Waals surface area contributed by atoms with E-state index >= 15 is 0 Å². The molecular weight excluding hydrogens is 419 g/mol. The molecule has 0 aliphatic heterocycles. The number of alkyl halides is 3. The number of aryl methyl sites for hydroxylation is 1. The highest BCUT2D eigenvalue weighted by molar-refractivity contribution is 5.92. The number of nitrogens with one attached hydrogen (secondary N) is 1. The number of hydrogen-bond acceptors (Lipinski definition) is 5. The zero-order chi connectivity index (χ0) is 22.8. The van der Waals surface area contributed by atoms with Crippen LogP contribution in [0.5, 0.6) is 5.75 Å². The van der Waals surface area contributed by atoms with Gasteiger partial charge >= 0.3 is 12.1 Å². The Hall–Kier alpha value is -3.83. The molecule has 0 atom stereocenters. The molecule has 12 heteroatoms. The van der Waals surface area contributed by atoms with Crippen molar-refractivity contribution < 1.29 is 32.6 Å². The monoisotopic (exact) mass is 437 g/mol. The predicted octanol–water partition coefficient (Wildman–Crippen LogP) is 3.09. The summed E-state index contributed by atoms with van der Waals surface area (Å²) in [6, 6.07) is 5.74. The van der Waals surface area contributed by atoms with Gasteiger partial charge in [0, 0.05) is 6.20 Å². The molecule has 0 aliphatic rings. The van der Waals surface area contributed by atoms with Gasteiger partial charge in [0.25, 0.3) is 0 Å². The summed E-state index contributed by atoms with van der Waals surface area (Å²) in [5, 5.41) is 19.8. The second kappa shape index (κ2) is 8.50. The van der Waals surface area contributed by atoms with Crippen LogP contribution in [0.25, 0.3) is 0 Å². The summed E-state index contributed by atoms with van der Waals surface area (Å²) < 4.78 is 46.3. The molecule has 1 amide bonds. The van der Waals surface area contributed by atoms with Gasteiger partial charge in [0.2, 0.25) is 5.91 Å². The van der Waals surface area contributed by atoms with E-state index in [9.17, 15) is 22.8 Å². The van der Waals surface area contributed by atoms with Gasteiger partial charge in [-0.2, -0.15) is 23.4 Å². The second-order valence-corrected chi connectivity index (χ2v) is 6.57. The highest BCUT2D eigenvalue weighted by Gasteiger charge is 2.30. The van der Waals surface area contributed by atoms with Crippen molar-refractivity contribution in [1.82, 2.24) is 19.6 Å². The van der Waals surface area contributed by atoms with Crippen LogP contribution >= 0.6 is 0 Å². The SMILES string of the molecule is Cc1nn(COc2cccc(C(F)(F)F)c2)c(C)c1NC(=O)Cn1nccc1C(=O)O. The Morgan fingerprint density at radius 2 is 1.94 bits per heavy atom. The van der Waals surface area contributed by atoms with Crippen molar-refractivity contribution in [1.29, 1.82) is 0 Å². The molecule has 2 heterocycles. The van der Waals surface area contributed by atoms with Crippen LogP contribution in [0.15, 0.2) is 36.5 Å². The molecule has 0 fully saturated rings. The number of carbonyl (C=O) groups excluding carboxylic acids is 1. The molecule has 31 heavy (non-hydrogen) atoms. The van der Waals surface area contributed by atoms with Crippen LogP contribution < -0.4 is 10.1 Å². The summed E-state index contributed by atoms with van der Waals surface area (Å²) in [7, 11) is 0. The number of hydrogen-bond donors (Lipinski definition) is 2. The fraction of sp³-hybridized carbons (Fsp3) is 0.263. The van der Waals surface area contributed by atoms with Gasteiger partial charge in [-0.25, -0.2) is 14.2 Å². The van der Waals surface area contributed by atoms with E-state index in [1.54, 1.807) is 13.8 Å². The number of aromatic nitrogens is 4. The van der Waals surface area contributed by atoms with Gasteiger partial charge < -0.3 is 15.2 Å². The molecule has 0 radical (unpaired) electrons. The minimum atomic E-state index is -4.48. The summed E-state index contributed by atoms with van der Waals surface area (Å²) in [4.78, 5) is 23.5. The first-order valence-corrected chi connectivity index (χ1v) is 8.95. The molecule has 164 valence electrons. The number of nitrogens with zero attached hydrogens (tertiary/aromatic N) is 4. The molecule has 0 bridgehead atoms. The zero-order valence-electron chi connectivity index (χ0n) is 16.5. The quantitative estimate of drug-likeness (QED) is 0.588. The Kier molecular flexibility index (Phi) is 5.99. The van der Waals surface area contributed by atoms with Gasteiger partial charge in [-0.1, -0.05) is 6.07 Å². The van der Waals surface area contributed by atoms with Gasteiger partial charge in [-0.3, -0.25) is 4.79 Å². The van der Waals surface area contributed by atoms with Crippen molar-refractivity contribution in [2.24, 2.45) is 0 Å². The van der Waals surface area contributed by atoms with E-state index in [-0.39, 0.29) is 24.7 Å². The molecule has 9 nitrogen and oxygen atoms in total. The zero-order valence-corrected chi connectivity index (χ0v) is 16.5. The van der Waals surface area contributed by atoms with Gasteiger partial charge in [-0.05, 0) is 38.1 Å². The number of aromatic carboxylic acids is 1. The van der Waals surface area contributed by atoms with Crippen molar-refractivity contribution in [3.63, 3.8) is 0 Å². The Balaban J connectivity index is 1.69. The molecule has 2 N–H and O–H groups in total. The summed E-state index contributed by atoms with van der Waals surface area (Å²) in [5.41, 5.74) is 0.398. The first-order chi connectivity index (χ1) is 14.6. The predicted molar refractivity (Wildman–Crippen MR) is 102 cm³/mol. The largest absolute Gasteiger partial charge is 0.477 e. The van der Waals surface area contributed by atoms with E-state index in [0.717, 1.165) is 16.8 Å². The van der Waals surface area contributed by atoms with E-state index in [4.69, 9.17) is 9.84 Å². The van der Waals surface area contributed by atoms with Gasteiger partial charge in [0.15, 0.2) is 6.73 Å². The standard InChI is InChI=1S/C19H18F3N5O4/c1-11-17(24-16(28)9-26-15(18(29)30)6-7-23-26)12(2)27(25-11)10-31-14-5-3-4-13(8-14)19(20,21)22/h3-8H,9-10H2,1-2H3,(H,24,28)(H,29,30). The molecule has 3 rings (SSSR count). The molecule has 2 aromatic heterocycles. The smallest absolute Gasteiger partial charge is 0.416 e. The molecule has 3 aromatic rings. The fourth-order valence-corrected chi connectivity index (χ4v) is 2.86. The van der Waals surface area contributed by atoms with E-state index < -0.39 is 23.6 Å². The Bertz CT molecular complexity index is 1120. The van der Waals surface area contributed by atoms with E-state index in [1.807, 2.05) is 0 Å². The number of carboxylic acids is 1. The Morgan fingerprint density at radius 3 is 2.61 bits per heavy atom. The summed E-state index contributed by atoms with van der Waals surface area (Å²) in [6.07, 6.45) is -3.21. The highest BCUT2D eigenvalue weighted by Crippen LogP contribution is 2.31. The van der Waals surface area contributed by atoms with Crippen LogP contribution in [0.3, 0.4) is 0 Å². The lowest BCUT2D eigenvalue weighted by Crippen LogP contribution is -2.22. The van der Waals surface area contributed by atoms with Gasteiger partial charge in [-0.15, -0.1) is 0 Å². The van der Waals surface area contributed by atoms with E-state index in [0.29, 0.717) is 17.1 Å². The fourth-order valence-electron chi connectivity index (χ4n) is 2.86. The molecule has 0 spiro atoms. The summed E-state index contributed by atoms with van der Waals surface area (Å²) >= 11 is 0. The van der Waals surface area contributed by atoms with Crippen LogP contribution in [0.1, 0.15) is 27.4 Å². The van der Waals surface area contributed by atoms with Crippen molar-refractivity contribution in [2.75, 3.05) is 5.32 Å². The van der Waals surface area contributed by atoms with Crippen LogP contribution in [0.4, 0.5) is 18.9 Å². The minimum Gasteiger partial charge on any atom is -0.477 e. The van der Waals surface area contributed by atoms with Crippen LogP contribution in [0, 0.1) is 13.8 Å². The van der Waals surface area contributed by atoms with Crippen LogP contribution in [-0.2, 0) is 24.2 Å². The lowest BCUT2D eigenvalue weighted by atomic mass is 10.2. The third-order valence-electron chi connectivity index (χ3n) is 4.39. The minimum absolute atomic E-state index is 0.0212. The second-order valence-electron chi connectivity index (χ2n) is 6.57. The lowest BCUT2D eigenvalue weighted by molar-refractivity contribution is -0.137. The maximum atomic E-state index is 12.8. The Morgan fingerprint density at radius 1 is 1.19 bits per heavy atom. The van der Waals surface area contributed by atoms with E-state index in [2.05, 4.69) is 15.5 Å². The lowest BCUT2D eigenvalue weighted by Gasteiger charge is -2.11. The van der Waals surface area contributed by atoms with Gasteiger partial charge in [0.1, 0.15) is 18.0 Å². The first kappa shape index (κ1) is 21.9. The average Bonchev–Trinajstić information content (AvgIpc) is 3.26. The van der Waals surface area contributed by atoms with Gasteiger partial charge in [0.05, 0.1) is 22.6 Å². The molecule has 0 unspecified atom stereocenters. The number of carboxylic acid groups (broad SMARTS) is 1. The van der Waals surface area contributed by atoms with Crippen LogP contribution in [0.2, 0.25) is 0 Å². The number of halogens is 3. The summed E-state index contributed by atoms with van der Waals surface area (Å²) in [5.74, 6) is -1.71. The third-order valence-corrected chi connectivity index (χ3v) is 4.39. The number of amides is 1.